The van der Waals surface area contributed by atoms with Crippen molar-refractivity contribution in [1.82, 2.24) is 4.90 Å². The Labute approximate surface area is 94.3 Å². The molecule has 1 heterocycles. The average Bonchev–Trinajstić information content (AvgIpc) is 2.36. The van der Waals surface area contributed by atoms with Crippen molar-refractivity contribution in [3.63, 3.8) is 0 Å². The zero-order valence-corrected chi connectivity index (χ0v) is 10.1. The first-order chi connectivity index (χ1) is 4.72. The number of nitrogens with zero attached hydrogens (tertiary/aromatic N) is 2. The van der Waals surface area contributed by atoms with Crippen LogP contribution in [0.2, 0.25) is 0 Å². The topological polar surface area (TPSA) is 15.6 Å². The minimum absolute atomic E-state index is 0. The second-order valence-electron chi connectivity index (χ2n) is 2.99. The molecule has 0 N–H and O–H groups in total. The van der Waals surface area contributed by atoms with E-state index in [0.29, 0.717) is 12.0 Å². The number of hydrogen-bond acceptors (Lipinski definition) is 2. The first kappa shape index (κ1) is 11.6. The Morgan fingerprint density at radius 3 is 2.55 bits per heavy atom. The van der Waals surface area contributed by atoms with Crippen LogP contribution in [0.5, 0.6) is 0 Å². The SMILES string of the molecule is [CH2-]C(C(C)C)N1[C-]=NCC1.[Y]. The Morgan fingerprint density at radius 2 is 2.18 bits per heavy atom. The van der Waals surface area contributed by atoms with E-state index in [9.17, 15) is 0 Å². The molecule has 11 heavy (non-hydrogen) atoms. The smallest absolute Gasteiger partial charge is 0.0165 e. The van der Waals surface area contributed by atoms with Gasteiger partial charge in [-0.25, -0.2) is 0 Å². The molecule has 1 aliphatic rings. The minimum Gasteiger partial charge on any atom is -0.558 e. The van der Waals surface area contributed by atoms with Crippen molar-refractivity contribution < 1.29 is 32.7 Å². The molecule has 1 radical (unpaired) electrons. The maximum Gasteiger partial charge on any atom is 0.0165 e. The van der Waals surface area contributed by atoms with Crippen LogP contribution in [0.15, 0.2) is 4.99 Å². The van der Waals surface area contributed by atoms with Gasteiger partial charge in [0.25, 0.3) is 0 Å². The van der Waals surface area contributed by atoms with Crippen molar-refractivity contribution in [2.45, 2.75) is 19.9 Å². The molecule has 0 fully saturated rings. The van der Waals surface area contributed by atoms with Gasteiger partial charge in [-0.2, -0.15) is 0 Å². The molecule has 0 aromatic carbocycles. The largest absolute Gasteiger partial charge is 0.558 e. The Hall–Kier alpha value is 0.574. The maximum atomic E-state index is 4.02. The monoisotopic (exact) mass is 227 g/mol. The number of hydrogen-bond donors (Lipinski definition) is 0. The van der Waals surface area contributed by atoms with E-state index in [-0.39, 0.29) is 32.7 Å². The Balaban J connectivity index is 0.000001000. The summed E-state index contributed by atoms with van der Waals surface area (Å²) in [5.74, 6) is 0.584. The zero-order chi connectivity index (χ0) is 7.56. The molecule has 1 rings (SSSR count). The Bertz CT molecular complexity index is 134. The zero-order valence-electron chi connectivity index (χ0n) is 7.25. The predicted octanol–water partition coefficient (Wildman–Crippen LogP) is 1.06. The molecule has 3 heteroatoms. The van der Waals surface area contributed by atoms with Crippen LogP contribution >= 0.6 is 0 Å². The van der Waals surface area contributed by atoms with E-state index in [1.54, 1.807) is 0 Å². The summed E-state index contributed by atoms with van der Waals surface area (Å²) in [7, 11) is 0. The second-order valence-corrected chi connectivity index (χ2v) is 2.99. The Morgan fingerprint density at radius 1 is 1.55 bits per heavy atom. The molecule has 0 spiro atoms. The van der Waals surface area contributed by atoms with Gasteiger partial charge < -0.3 is 23.2 Å². The van der Waals surface area contributed by atoms with Gasteiger partial charge in [-0.15, -0.1) is 6.04 Å². The van der Waals surface area contributed by atoms with Gasteiger partial charge in [0.2, 0.25) is 0 Å². The molecule has 0 bridgehead atoms. The van der Waals surface area contributed by atoms with Crippen molar-refractivity contribution in [1.29, 1.82) is 0 Å². The van der Waals surface area contributed by atoms with E-state index in [0.717, 1.165) is 13.1 Å². The molecule has 0 aliphatic carbocycles. The van der Waals surface area contributed by atoms with Crippen LogP contribution in [0.4, 0.5) is 0 Å². The van der Waals surface area contributed by atoms with Crippen molar-refractivity contribution in [2.24, 2.45) is 10.9 Å². The molecule has 2 nitrogen and oxygen atoms in total. The summed E-state index contributed by atoms with van der Waals surface area (Å²) in [6, 6.07) is 0.339. The normalized spacial score (nSPS) is 18.7. The maximum absolute atomic E-state index is 4.02. The van der Waals surface area contributed by atoms with E-state index >= 15 is 0 Å². The summed E-state index contributed by atoms with van der Waals surface area (Å²) in [5.41, 5.74) is 0. The summed E-state index contributed by atoms with van der Waals surface area (Å²) >= 11 is 0. The van der Waals surface area contributed by atoms with E-state index in [4.69, 9.17) is 0 Å². The van der Waals surface area contributed by atoms with E-state index in [1.165, 1.54) is 0 Å². The van der Waals surface area contributed by atoms with Crippen LogP contribution in [0.1, 0.15) is 13.8 Å². The summed E-state index contributed by atoms with van der Waals surface area (Å²) in [5, 5.41) is 0. The van der Waals surface area contributed by atoms with Crippen molar-refractivity contribution >= 4 is 6.34 Å². The molecule has 0 saturated carbocycles. The van der Waals surface area contributed by atoms with E-state index in [1.807, 2.05) is 0 Å². The summed E-state index contributed by atoms with van der Waals surface area (Å²) < 4.78 is 0. The van der Waals surface area contributed by atoms with E-state index < -0.39 is 0 Å². The van der Waals surface area contributed by atoms with Crippen LogP contribution in [0, 0.1) is 12.8 Å². The van der Waals surface area contributed by atoms with Gasteiger partial charge in [-0.3, -0.25) is 0 Å². The summed E-state index contributed by atoms with van der Waals surface area (Å²) in [6.07, 6.45) is 2.93. The van der Waals surface area contributed by atoms with Crippen molar-refractivity contribution in [3.05, 3.63) is 6.92 Å². The van der Waals surface area contributed by atoms with Crippen LogP contribution in [0.3, 0.4) is 0 Å². The molecule has 61 valence electrons. The fourth-order valence-corrected chi connectivity index (χ4v) is 0.948. The molecular weight excluding hydrogens is 213 g/mol. The average molecular weight is 227 g/mol. The number of rotatable bonds is 2. The van der Waals surface area contributed by atoms with Gasteiger partial charge in [-0.1, -0.05) is 19.8 Å². The molecule has 1 aliphatic heterocycles. The summed E-state index contributed by atoms with van der Waals surface area (Å²) in [6.45, 7) is 10.2. The van der Waals surface area contributed by atoms with Crippen LogP contribution in [-0.4, -0.2) is 30.4 Å². The Kier molecular flexibility index (Phi) is 5.53. The first-order valence-electron chi connectivity index (χ1n) is 3.73. The third kappa shape index (κ3) is 3.20. The third-order valence-electron chi connectivity index (χ3n) is 1.82. The minimum atomic E-state index is 0. The van der Waals surface area contributed by atoms with Gasteiger partial charge in [0.15, 0.2) is 0 Å². The molecule has 0 aromatic heterocycles. The standard InChI is InChI=1S/C8H14N2.Y/c1-7(2)8(3)10-5-4-9-6-10;/h7-8H,3-5H2,1-2H3;/q-2;. The van der Waals surface area contributed by atoms with Gasteiger partial charge in [0, 0.05) is 45.8 Å². The number of aliphatic imine (C=N–C) groups is 1. The predicted molar refractivity (Wildman–Crippen MR) is 43.0 cm³/mol. The first-order valence-corrected chi connectivity index (χ1v) is 3.73. The van der Waals surface area contributed by atoms with Gasteiger partial charge in [0.1, 0.15) is 0 Å². The molecule has 1 atom stereocenters. The fraction of sp³-hybridized carbons (Fsp3) is 0.750. The fourth-order valence-electron chi connectivity index (χ4n) is 0.948. The quantitative estimate of drug-likeness (QED) is 0.644. The third-order valence-corrected chi connectivity index (χ3v) is 1.82. The molecule has 1 unspecified atom stereocenters. The van der Waals surface area contributed by atoms with Crippen molar-refractivity contribution in [2.75, 3.05) is 13.1 Å². The summed E-state index contributed by atoms with van der Waals surface area (Å²) in [4.78, 5) is 6.08. The molecule has 0 aromatic rings. The molecule has 0 amide bonds. The van der Waals surface area contributed by atoms with Gasteiger partial charge in [0.05, 0.1) is 0 Å². The molecular formula is C8H14N2Y-2. The van der Waals surface area contributed by atoms with E-state index in [2.05, 4.69) is 37.0 Å². The van der Waals surface area contributed by atoms with Crippen LogP contribution in [-0.2, 0) is 32.7 Å². The van der Waals surface area contributed by atoms with Crippen LogP contribution < -0.4 is 0 Å². The van der Waals surface area contributed by atoms with Gasteiger partial charge in [-0.05, 0) is 0 Å². The van der Waals surface area contributed by atoms with Crippen LogP contribution in [0.25, 0.3) is 0 Å². The molecule has 0 saturated heterocycles. The van der Waals surface area contributed by atoms with Crippen molar-refractivity contribution in [3.8, 4) is 0 Å². The van der Waals surface area contributed by atoms with Gasteiger partial charge >= 0.3 is 0 Å². The second kappa shape index (κ2) is 5.26.